The Bertz CT molecular complexity index is 1880. The number of nitrogens with two attached hydrogens (primary N) is 1. The molecular weight excluding hydrogens is 652 g/mol. The summed E-state index contributed by atoms with van der Waals surface area (Å²) in [5.41, 5.74) is 7.83. The van der Waals surface area contributed by atoms with E-state index in [4.69, 9.17) is 10.7 Å². The molecule has 274 valence electrons. The number of nitrogens with zero attached hydrogens (tertiary/aromatic N) is 4. The third-order valence-electron chi connectivity index (χ3n) is 8.59. The number of unbranched alkanes of at least 4 members (excludes halogenated alkanes) is 2. The summed E-state index contributed by atoms with van der Waals surface area (Å²) in [5, 5.41) is 17.9. The van der Waals surface area contributed by atoms with Gasteiger partial charge < -0.3 is 31.4 Å². The summed E-state index contributed by atoms with van der Waals surface area (Å²) in [6, 6.07) is 15.6. The molecule has 14 nitrogen and oxygen atoms in total. The van der Waals surface area contributed by atoms with Crippen molar-refractivity contribution in [1.29, 1.82) is 0 Å². The van der Waals surface area contributed by atoms with Crippen LogP contribution in [0.4, 0.5) is 5.69 Å². The second-order valence-electron chi connectivity index (χ2n) is 12.5. The zero-order chi connectivity index (χ0) is 36.8. The second-order valence-corrected chi connectivity index (χ2v) is 12.5. The monoisotopic (exact) mass is 702 g/mol. The third-order valence-corrected chi connectivity index (χ3v) is 8.59. The molecule has 0 spiro atoms. The molecule has 0 radical (unpaired) electrons. The van der Waals surface area contributed by atoms with Crippen LogP contribution in [0.3, 0.4) is 0 Å². The van der Waals surface area contributed by atoms with Crippen molar-refractivity contribution in [2.45, 2.75) is 90.9 Å². The number of amides is 2. The van der Waals surface area contributed by atoms with Gasteiger partial charge in [0.15, 0.2) is 11.2 Å². The van der Waals surface area contributed by atoms with Gasteiger partial charge in [0.1, 0.15) is 11.9 Å². The Morgan fingerprint density at radius 2 is 1.63 bits per heavy atom. The molecule has 4 rings (SSSR count). The van der Waals surface area contributed by atoms with Crippen LogP contribution in [0.1, 0.15) is 69.3 Å². The molecule has 6 N–H and O–H groups in total. The fourth-order valence-electron chi connectivity index (χ4n) is 5.96. The van der Waals surface area contributed by atoms with Gasteiger partial charge in [-0.05, 0) is 62.0 Å². The lowest BCUT2D eigenvalue weighted by Gasteiger charge is -2.17. The van der Waals surface area contributed by atoms with Crippen molar-refractivity contribution in [1.82, 2.24) is 29.3 Å². The van der Waals surface area contributed by atoms with Crippen molar-refractivity contribution < 1.29 is 19.5 Å². The molecule has 0 fully saturated rings. The highest BCUT2D eigenvalue weighted by Crippen LogP contribution is 2.17. The van der Waals surface area contributed by atoms with Gasteiger partial charge in [-0.3, -0.25) is 28.3 Å². The first-order valence-electron chi connectivity index (χ1n) is 17.7. The van der Waals surface area contributed by atoms with E-state index in [1.165, 1.54) is 4.57 Å². The van der Waals surface area contributed by atoms with Crippen LogP contribution in [0.25, 0.3) is 11.2 Å². The standard InChI is InChI=1S/C37H50N8O6/c1-3-21-45-36(50)33-34(42-30(43(33)23-20-39-4-2)24-27-11-7-5-8-12-27)44(37(45)51)22-18-26-14-16-28(17-15-26)40-35(49)29(25-32(47)48)41-31(46)13-9-6-10-19-38/h5,7-8,11-12,14-17,29,39H,3-4,6,9-10,13,18-25,38H2,1-2H3,(H,40,49)(H,41,46)(H,47,48). The van der Waals surface area contributed by atoms with E-state index >= 15 is 0 Å². The average Bonchev–Trinajstić information content (AvgIpc) is 3.46. The fourth-order valence-corrected chi connectivity index (χ4v) is 5.96. The molecule has 0 saturated heterocycles. The van der Waals surface area contributed by atoms with Crippen molar-refractivity contribution in [2.75, 3.05) is 25.0 Å². The van der Waals surface area contributed by atoms with Gasteiger partial charge in [-0.2, -0.15) is 0 Å². The van der Waals surface area contributed by atoms with Crippen LogP contribution in [0.2, 0.25) is 0 Å². The topological polar surface area (TPSA) is 195 Å². The summed E-state index contributed by atoms with van der Waals surface area (Å²) < 4.78 is 4.82. The summed E-state index contributed by atoms with van der Waals surface area (Å²) >= 11 is 0. The maximum absolute atomic E-state index is 13.8. The molecule has 4 aromatic rings. The number of imidazole rings is 1. The summed E-state index contributed by atoms with van der Waals surface area (Å²) in [6.45, 7) is 6.95. The minimum absolute atomic E-state index is 0.175. The fraction of sp³-hybridized carbons (Fsp3) is 0.459. The molecule has 14 heteroatoms. The lowest BCUT2D eigenvalue weighted by molar-refractivity contribution is -0.139. The van der Waals surface area contributed by atoms with Crippen molar-refractivity contribution in [2.24, 2.45) is 5.73 Å². The third kappa shape index (κ3) is 10.7. The van der Waals surface area contributed by atoms with Crippen LogP contribution in [0.5, 0.6) is 0 Å². The van der Waals surface area contributed by atoms with Gasteiger partial charge in [0.05, 0.1) is 6.42 Å². The Morgan fingerprint density at radius 3 is 2.29 bits per heavy atom. The highest BCUT2D eigenvalue weighted by Gasteiger charge is 2.24. The van der Waals surface area contributed by atoms with Gasteiger partial charge in [-0.25, -0.2) is 9.78 Å². The molecular formula is C37H50N8O6. The highest BCUT2D eigenvalue weighted by atomic mass is 16.4. The Morgan fingerprint density at radius 1 is 0.882 bits per heavy atom. The molecule has 0 aliphatic heterocycles. The summed E-state index contributed by atoms with van der Waals surface area (Å²) in [6.07, 6.45) is 3.32. The van der Waals surface area contributed by atoms with E-state index in [1.54, 1.807) is 28.8 Å². The number of fused-ring (bicyclic) bond motifs is 1. The number of carbonyl (C=O) groups excluding carboxylic acids is 2. The highest BCUT2D eigenvalue weighted by molar-refractivity contribution is 5.99. The quantitative estimate of drug-likeness (QED) is 0.0812. The number of aliphatic carboxylic acids is 1. The molecule has 1 atom stereocenters. The van der Waals surface area contributed by atoms with E-state index in [9.17, 15) is 29.1 Å². The number of hydrogen-bond donors (Lipinski definition) is 5. The Labute approximate surface area is 297 Å². The van der Waals surface area contributed by atoms with Gasteiger partial charge in [-0.15, -0.1) is 0 Å². The Hall–Kier alpha value is -5.08. The first-order chi connectivity index (χ1) is 24.7. The molecule has 2 amide bonds. The molecule has 0 bridgehead atoms. The largest absolute Gasteiger partial charge is 0.481 e. The van der Waals surface area contributed by atoms with Gasteiger partial charge in [0, 0.05) is 44.7 Å². The Kier molecular flexibility index (Phi) is 14.7. The smallest absolute Gasteiger partial charge is 0.332 e. The minimum atomic E-state index is -1.23. The summed E-state index contributed by atoms with van der Waals surface area (Å²) in [5.74, 6) is -1.53. The number of rotatable bonds is 21. The molecule has 0 saturated carbocycles. The number of aromatic nitrogens is 4. The van der Waals surface area contributed by atoms with Gasteiger partial charge in [-0.1, -0.05) is 62.7 Å². The van der Waals surface area contributed by atoms with Crippen molar-refractivity contribution in [3.05, 3.63) is 92.4 Å². The first kappa shape index (κ1) is 38.7. The molecule has 1 unspecified atom stereocenters. The van der Waals surface area contributed by atoms with E-state index < -0.39 is 35.9 Å². The maximum atomic E-state index is 13.8. The maximum Gasteiger partial charge on any atom is 0.332 e. The van der Waals surface area contributed by atoms with Crippen LogP contribution >= 0.6 is 0 Å². The van der Waals surface area contributed by atoms with Gasteiger partial charge in [0.2, 0.25) is 11.8 Å². The van der Waals surface area contributed by atoms with E-state index in [2.05, 4.69) is 16.0 Å². The molecule has 0 aliphatic rings. The minimum Gasteiger partial charge on any atom is -0.481 e. The predicted molar refractivity (Wildman–Crippen MR) is 197 cm³/mol. The summed E-state index contributed by atoms with van der Waals surface area (Å²) in [4.78, 5) is 69.3. The number of carboxylic acid groups (broad SMARTS) is 1. The van der Waals surface area contributed by atoms with Crippen molar-refractivity contribution in [3.63, 3.8) is 0 Å². The molecule has 0 aliphatic carbocycles. The normalized spacial score (nSPS) is 11.8. The number of benzene rings is 2. The second kappa shape index (κ2) is 19.3. The average molecular weight is 703 g/mol. The molecule has 51 heavy (non-hydrogen) atoms. The Balaban J connectivity index is 1.55. The van der Waals surface area contributed by atoms with Crippen molar-refractivity contribution >= 4 is 34.6 Å². The number of carboxylic acids is 1. The number of anilines is 1. The number of likely N-dealkylation sites (N-methyl/N-ethyl adjacent to an activating group) is 1. The van der Waals surface area contributed by atoms with Crippen LogP contribution in [0, 0.1) is 0 Å². The van der Waals surface area contributed by atoms with Gasteiger partial charge >= 0.3 is 11.7 Å². The van der Waals surface area contributed by atoms with E-state index in [0.29, 0.717) is 68.0 Å². The number of carbonyl (C=O) groups is 3. The first-order valence-corrected chi connectivity index (χ1v) is 17.7. The van der Waals surface area contributed by atoms with E-state index in [0.717, 1.165) is 30.5 Å². The summed E-state index contributed by atoms with van der Waals surface area (Å²) in [7, 11) is 0. The molecule has 2 aromatic heterocycles. The number of aryl methyl sites for hydroxylation is 2. The van der Waals surface area contributed by atoms with Crippen molar-refractivity contribution in [3.8, 4) is 0 Å². The van der Waals surface area contributed by atoms with Crippen LogP contribution in [-0.4, -0.2) is 67.3 Å². The van der Waals surface area contributed by atoms with E-state index in [-0.39, 0.29) is 25.1 Å². The van der Waals surface area contributed by atoms with Crippen LogP contribution in [0.15, 0.2) is 64.2 Å². The van der Waals surface area contributed by atoms with Crippen LogP contribution in [-0.2, 0) is 46.9 Å². The molecule has 2 aromatic carbocycles. The zero-order valence-corrected chi connectivity index (χ0v) is 29.5. The number of hydrogen-bond acceptors (Lipinski definition) is 8. The van der Waals surface area contributed by atoms with Crippen LogP contribution < -0.4 is 32.9 Å². The number of nitrogens with one attached hydrogen (secondary N) is 3. The van der Waals surface area contributed by atoms with E-state index in [1.807, 2.05) is 48.7 Å². The molecule has 2 heterocycles. The SMILES string of the molecule is CCCn1c(=O)c2c(nc(Cc3ccccc3)n2CCNCC)n(CCc2ccc(NC(=O)C(CC(=O)O)NC(=O)CCCCCN)cc2)c1=O. The lowest BCUT2D eigenvalue weighted by atomic mass is 10.1. The van der Waals surface area contributed by atoms with Gasteiger partial charge in [0.25, 0.3) is 5.56 Å². The predicted octanol–water partition coefficient (Wildman–Crippen LogP) is 2.63. The lowest BCUT2D eigenvalue weighted by Crippen LogP contribution is -2.45. The zero-order valence-electron chi connectivity index (χ0n) is 29.5.